The van der Waals surface area contributed by atoms with Crippen molar-refractivity contribution >= 4 is 17.2 Å². The molecular formula is C26H26FN7O4. The Kier molecular flexibility index (Phi) is 6.71. The van der Waals surface area contributed by atoms with Crippen molar-refractivity contribution in [1.29, 1.82) is 0 Å². The molecule has 3 aromatic carbocycles. The number of nitrogens with one attached hydrogen (secondary N) is 3. The lowest BCUT2D eigenvalue weighted by Crippen LogP contribution is -2.18. The fourth-order valence-electron chi connectivity index (χ4n) is 4.34. The fraction of sp³-hybridized carbons (Fsp3) is 0.192. The molecule has 12 heteroatoms. The minimum absolute atomic E-state index is 0.0160. The van der Waals surface area contributed by atoms with E-state index in [-0.39, 0.29) is 17.1 Å². The lowest BCUT2D eigenvalue weighted by molar-refractivity contribution is 0.271. The standard InChI is InChI=1S/C26H26FN7O4/c1-36-16-11-18(22(27)21(12-16)37-2)23(30-15-8-9-17-14(10-15)13-29-24(17)28)25-31-26(35)34(32-25)20-7-5-4-6-19(20)33-38-3/h4-12,23,30,33H,13H2,1-3H3,(H2,28,29)(H,31,32,35). The Morgan fingerprint density at radius 3 is 2.68 bits per heavy atom. The first kappa shape index (κ1) is 24.8. The number of aromatic amines is 1. The number of hydrogen-bond acceptors (Lipinski definition) is 9. The number of methoxy groups -OCH3 is 2. The molecule has 38 heavy (non-hydrogen) atoms. The zero-order valence-corrected chi connectivity index (χ0v) is 20.9. The molecule has 0 radical (unpaired) electrons. The number of benzene rings is 3. The highest BCUT2D eigenvalue weighted by atomic mass is 19.1. The van der Waals surface area contributed by atoms with Gasteiger partial charge in [0.1, 0.15) is 17.6 Å². The summed E-state index contributed by atoms with van der Waals surface area (Å²) < 4.78 is 27.5. The Labute approximate surface area is 217 Å². The number of nitrogens with two attached hydrogens (primary N) is 1. The van der Waals surface area contributed by atoms with E-state index in [0.717, 1.165) is 11.1 Å². The molecule has 1 aliphatic heterocycles. The number of hydrogen-bond donors (Lipinski definition) is 4. The van der Waals surface area contributed by atoms with Gasteiger partial charge in [-0.05, 0) is 42.0 Å². The molecule has 11 nitrogen and oxygen atoms in total. The largest absolute Gasteiger partial charge is 0.497 e. The quantitative estimate of drug-likeness (QED) is 0.247. The molecule has 1 aliphatic rings. The molecule has 0 amide bonds. The second kappa shape index (κ2) is 10.3. The maximum Gasteiger partial charge on any atom is 0.348 e. The van der Waals surface area contributed by atoms with Crippen LogP contribution in [0.1, 0.15) is 28.6 Å². The minimum atomic E-state index is -0.937. The minimum Gasteiger partial charge on any atom is -0.497 e. The first-order valence-corrected chi connectivity index (χ1v) is 11.6. The number of fused-ring (bicyclic) bond motifs is 1. The van der Waals surface area contributed by atoms with E-state index >= 15 is 4.39 Å². The van der Waals surface area contributed by atoms with Gasteiger partial charge in [-0.3, -0.25) is 20.3 Å². The summed E-state index contributed by atoms with van der Waals surface area (Å²) in [6.07, 6.45) is 0. The molecule has 0 saturated carbocycles. The highest BCUT2D eigenvalue weighted by Crippen LogP contribution is 2.35. The summed E-state index contributed by atoms with van der Waals surface area (Å²) >= 11 is 0. The Morgan fingerprint density at radius 2 is 1.92 bits per heavy atom. The highest BCUT2D eigenvalue weighted by Gasteiger charge is 2.27. The smallest absolute Gasteiger partial charge is 0.348 e. The molecule has 0 bridgehead atoms. The van der Waals surface area contributed by atoms with Gasteiger partial charge in [-0.1, -0.05) is 12.1 Å². The van der Waals surface area contributed by atoms with E-state index < -0.39 is 17.5 Å². The molecule has 2 heterocycles. The van der Waals surface area contributed by atoms with E-state index in [9.17, 15) is 4.79 Å². The summed E-state index contributed by atoms with van der Waals surface area (Å²) in [7, 11) is 4.30. The van der Waals surface area contributed by atoms with Crippen LogP contribution in [-0.2, 0) is 11.4 Å². The monoisotopic (exact) mass is 519 g/mol. The first-order chi connectivity index (χ1) is 18.4. The Bertz CT molecular complexity index is 1580. The van der Waals surface area contributed by atoms with Crippen LogP contribution < -0.4 is 31.7 Å². The van der Waals surface area contributed by atoms with Gasteiger partial charge in [0.15, 0.2) is 17.4 Å². The predicted octanol–water partition coefficient (Wildman–Crippen LogP) is 3.11. The second-order valence-corrected chi connectivity index (χ2v) is 8.43. The zero-order valence-electron chi connectivity index (χ0n) is 20.9. The van der Waals surface area contributed by atoms with Crippen LogP contribution in [0.5, 0.6) is 11.5 Å². The van der Waals surface area contributed by atoms with Gasteiger partial charge in [-0.15, -0.1) is 5.10 Å². The fourth-order valence-corrected chi connectivity index (χ4v) is 4.34. The molecule has 4 aromatic rings. The second-order valence-electron chi connectivity index (χ2n) is 8.43. The van der Waals surface area contributed by atoms with Gasteiger partial charge >= 0.3 is 5.69 Å². The normalized spacial score (nSPS) is 13.0. The topological polar surface area (TPSA) is 141 Å². The molecule has 1 unspecified atom stereocenters. The molecular weight excluding hydrogens is 493 g/mol. The van der Waals surface area contributed by atoms with E-state index in [0.29, 0.717) is 35.2 Å². The van der Waals surface area contributed by atoms with Crippen molar-refractivity contribution in [3.05, 3.63) is 93.4 Å². The molecule has 0 spiro atoms. The average Bonchev–Trinajstić information content (AvgIpc) is 3.50. The number of nitrogens with zero attached hydrogens (tertiary/aromatic N) is 3. The summed E-state index contributed by atoms with van der Waals surface area (Å²) in [6, 6.07) is 14.6. The average molecular weight is 520 g/mol. The summed E-state index contributed by atoms with van der Waals surface area (Å²) in [6.45, 7) is 0.442. The van der Waals surface area contributed by atoms with Gasteiger partial charge in [0.05, 0.1) is 39.2 Å². The number of rotatable bonds is 9. The van der Waals surface area contributed by atoms with E-state index in [2.05, 4.69) is 25.9 Å². The SMILES string of the molecule is CONc1ccccc1-n1nc(C(Nc2ccc3c(c2)CN=C3N)c2cc(OC)cc(OC)c2F)[nH]c1=O. The van der Waals surface area contributed by atoms with Crippen LogP contribution in [0.4, 0.5) is 15.8 Å². The maximum atomic E-state index is 15.7. The first-order valence-electron chi connectivity index (χ1n) is 11.6. The lowest BCUT2D eigenvalue weighted by atomic mass is 10.0. The number of aromatic nitrogens is 3. The molecule has 196 valence electrons. The molecule has 5 N–H and O–H groups in total. The van der Waals surface area contributed by atoms with Crippen LogP contribution in [-0.4, -0.2) is 41.9 Å². The third-order valence-corrected chi connectivity index (χ3v) is 6.17. The predicted molar refractivity (Wildman–Crippen MR) is 141 cm³/mol. The summed E-state index contributed by atoms with van der Waals surface area (Å²) in [5, 5.41) is 7.83. The molecule has 1 atom stereocenters. The Hall–Kier alpha value is -4.84. The molecule has 0 fully saturated rings. The van der Waals surface area contributed by atoms with Crippen LogP contribution in [0.3, 0.4) is 0 Å². The number of para-hydroxylation sites is 2. The number of H-pyrrole nitrogens is 1. The Morgan fingerprint density at radius 1 is 1.11 bits per heavy atom. The number of aliphatic imine (C=N–C) groups is 1. The van der Waals surface area contributed by atoms with Gasteiger partial charge in [-0.25, -0.2) is 9.18 Å². The van der Waals surface area contributed by atoms with Crippen molar-refractivity contribution in [1.82, 2.24) is 14.8 Å². The van der Waals surface area contributed by atoms with Crippen molar-refractivity contribution in [3.63, 3.8) is 0 Å². The van der Waals surface area contributed by atoms with Crippen molar-refractivity contribution in [3.8, 4) is 17.2 Å². The van der Waals surface area contributed by atoms with Crippen LogP contribution in [0, 0.1) is 5.82 Å². The van der Waals surface area contributed by atoms with Crippen LogP contribution in [0.2, 0.25) is 0 Å². The van der Waals surface area contributed by atoms with Gasteiger partial charge < -0.3 is 20.5 Å². The van der Waals surface area contributed by atoms with Crippen molar-refractivity contribution in [2.45, 2.75) is 12.6 Å². The zero-order chi connectivity index (χ0) is 26.8. The lowest BCUT2D eigenvalue weighted by Gasteiger charge is -2.21. The van der Waals surface area contributed by atoms with Crippen LogP contribution >= 0.6 is 0 Å². The molecule has 0 aliphatic carbocycles. The maximum absolute atomic E-state index is 15.7. The van der Waals surface area contributed by atoms with Crippen molar-refractivity contribution in [2.75, 3.05) is 32.1 Å². The third kappa shape index (κ3) is 4.52. The van der Waals surface area contributed by atoms with Crippen LogP contribution in [0.25, 0.3) is 5.69 Å². The summed E-state index contributed by atoms with van der Waals surface area (Å²) in [5.74, 6) is 0.358. The van der Waals surface area contributed by atoms with Gasteiger partial charge in [0.25, 0.3) is 0 Å². The van der Waals surface area contributed by atoms with Crippen molar-refractivity contribution < 1.29 is 18.7 Å². The third-order valence-electron chi connectivity index (χ3n) is 6.17. The van der Waals surface area contributed by atoms with E-state index in [1.807, 2.05) is 18.2 Å². The van der Waals surface area contributed by atoms with E-state index in [1.54, 1.807) is 24.3 Å². The number of ether oxygens (including phenoxy) is 2. The number of anilines is 2. The van der Waals surface area contributed by atoms with E-state index in [4.69, 9.17) is 20.0 Å². The molecule has 0 saturated heterocycles. The number of amidine groups is 1. The van der Waals surface area contributed by atoms with Gasteiger partial charge in [0.2, 0.25) is 0 Å². The van der Waals surface area contributed by atoms with Crippen molar-refractivity contribution in [2.24, 2.45) is 10.7 Å². The molecule has 5 rings (SSSR count). The van der Waals surface area contributed by atoms with Gasteiger partial charge in [0, 0.05) is 22.9 Å². The molecule has 1 aromatic heterocycles. The van der Waals surface area contributed by atoms with Crippen LogP contribution in [0.15, 0.2) is 64.4 Å². The summed E-state index contributed by atoms with van der Waals surface area (Å²) in [5.41, 5.74) is 11.7. The summed E-state index contributed by atoms with van der Waals surface area (Å²) in [4.78, 5) is 25.1. The highest BCUT2D eigenvalue weighted by molar-refractivity contribution is 6.01. The van der Waals surface area contributed by atoms with Gasteiger partial charge in [-0.2, -0.15) is 4.68 Å². The number of halogens is 1. The Balaban J connectivity index is 1.64. The van der Waals surface area contributed by atoms with E-state index in [1.165, 1.54) is 38.1 Å².